The monoisotopic (exact) mass is 201 g/mol. The van der Waals surface area contributed by atoms with E-state index in [0.29, 0.717) is 0 Å². The van der Waals surface area contributed by atoms with Crippen LogP contribution in [0.25, 0.3) is 10.1 Å². The fraction of sp³-hybridized carbons (Fsp3) is 0.250. The van der Waals surface area contributed by atoms with Crippen LogP contribution < -0.4 is 0 Å². The van der Waals surface area contributed by atoms with E-state index in [1.54, 1.807) is 11.3 Å². The first-order valence-electron chi connectivity index (χ1n) is 4.76. The summed E-state index contributed by atoms with van der Waals surface area (Å²) >= 11 is 1.56. The number of thiophene rings is 1. The van der Waals surface area contributed by atoms with Gasteiger partial charge in [0.2, 0.25) is 0 Å². The molecule has 1 aromatic heterocycles. The number of nitrogens with zero attached hydrogens (tertiary/aromatic N) is 1. The maximum atomic E-state index is 8.77. The second kappa shape index (κ2) is 3.81. The zero-order valence-corrected chi connectivity index (χ0v) is 8.90. The number of aryl methyl sites for hydroxylation is 1. The molecular formula is C12H11NS. The Bertz CT molecular complexity index is 490. The number of fused-ring (bicyclic) bond motifs is 1. The van der Waals surface area contributed by atoms with Crippen LogP contribution in [0.3, 0.4) is 0 Å². The van der Waals surface area contributed by atoms with E-state index in [2.05, 4.69) is 31.2 Å². The number of hydrogen-bond acceptors (Lipinski definition) is 2. The molecule has 2 heteroatoms. The van der Waals surface area contributed by atoms with E-state index in [1.807, 2.05) is 6.07 Å². The van der Waals surface area contributed by atoms with Gasteiger partial charge in [-0.15, -0.1) is 11.3 Å². The van der Waals surface area contributed by atoms with Gasteiger partial charge in [0, 0.05) is 4.70 Å². The van der Waals surface area contributed by atoms with Crippen molar-refractivity contribution in [2.75, 3.05) is 0 Å². The molecule has 1 nitrogen and oxygen atoms in total. The highest BCUT2D eigenvalue weighted by atomic mass is 32.1. The maximum Gasteiger partial charge on any atom is 0.110 e. The summed E-state index contributed by atoms with van der Waals surface area (Å²) in [5.41, 5.74) is 1.36. The highest BCUT2D eigenvalue weighted by Gasteiger charge is 2.01. The van der Waals surface area contributed by atoms with Crippen molar-refractivity contribution in [3.05, 3.63) is 34.7 Å². The van der Waals surface area contributed by atoms with E-state index in [9.17, 15) is 0 Å². The fourth-order valence-corrected chi connectivity index (χ4v) is 2.43. The van der Waals surface area contributed by atoms with E-state index >= 15 is 0 Å². The van der Waals surface area contributed by atoms with Crippen molar-refractivity contribution < 1.29 is 0 Å². The van der Waals surface area contributed by atoms with Crippen LogP contribution >= 0.6 is 11.3 Å². The number of rotatable bonds is 2. The molecule has 14 heavy (non-hydrogen) atoms. The van der Waals surface area contributed by atoms with Crippen molar-refractivity contribution >= 4 is 21.4 Å². The summed E-state index contributed by atoms with van der Waals surface area (Å²) in [5.74, 6) is 0. The van der Waals surface area contributed by atoms with Gasteiger partial charge in [0.25, 0.3) is 0 Å². The third-order valence-electron chi connectivity index (χ3n) is 2.23. The molecule has 0 aliphatic rings. The lowest BCUT2D eigenvalue weighted by Gasteiger charge is -1.97. The second-order valence-corrected chi connectivity index (χ2v) is 4.43. The molecular weight excluding hydrogens is 190 g/mol. The quantitative estimate of drug-likeness (QED) is 0.726. The Morgan fingerprint density at radius 2 is 2.21 bits per heavy atom. The molecule has 0 aliphatic heterocycles. The van der Waals surface area contributed by atoms with E-state index in [1.165, 1.54) is 22.1 Å². The lowest BCUT2D eigenvalue weighted by molar-refractivity contribution is 0.924. The van der Waals surface area contributed by atoms with Gasteiger partial charge < -0.3 is 0 Å². The predicted octanol–water partition coefficient (Wildman–Crippen LogP) is 3.73. The summed E-state index contributed by atoms with van der Waals surface area (Å²) in [7, 11) is 0. The van der Waals surface area contributed by atoms with Gasteiger partial charge in [0.05, 0.1) is 0 Å². The van der Waals surface area contributed by atoms with Gasteiger partial charge in [-0.1, -0.05) is 25.5 Å². The Hall–Kier alpha value is -1.33. The van der Waals surface area contributed by atoms with Gasteiger partial charge in [0.15, 0.2) is 0 Å². The molecule has 70 valence electrons. The van der Waals surface area contributed by atoms with Crippen molar-refractivity contribution in [3.8, 4) is 6.07 Å². The largest absolute Gasteiger partial charge is 0.192 e. The first kappa shape index (κ1) is 9.23. The lowest BCUT2D eigenvalue weighted by Crippen LogP contribution is -1.80. The van der Waals surface area contributed by atoms with Crippen LogP contribution in [-0.2, 0) is 6.42 Å². The molecule has 0 fully saturated rings. The van der Waals surface area contributed by atoms with Crippen LogP contribution in [0.2, 0.25) is 0 Å². The molecule has 0 amide bonds. The highest BCUT2D eigenvalue weighted by Crippen LogP contribution is 2.26. The van der Waals surface area contributed by atoms with E-state index in [0.717, 1.165) is 11.3 Å². The Morgan fingerprint density at radius 3 is 2.93 bits per heavy atom. The summed E-state index contributed by atoms with van der Waals surface area (Å²) in [4.78, 5) is 0.800. The molecule has 0 radical (unpaired) electrons. The SMILES string of the molecule is CCCc1ccc2sc(C#N)cc2c1. The summed E-state index contributed by atoms with van der Waals surface area (Å²) in [5, 5.41) is 9.98. The molecule has 0 bridgehead atoms. The lowest BCUT2D eigenvalue weighted by atomic mass is 10.1. The van der Waals surface area contributed by atoms with Gasteiger partial charge in [-0.25, -0.2) is 0 Å². The third-order valence-corrected chi connectivity index (χ3v) is 3.25. The minimum absolute atomic E-state index is 0.800. The average Bonchev–Trinajstić information content (AvgIpc) is 2.60. The summed E-state index contributed by atoms with van der Waals surface area (Å²) in [6.45, 7) is 2.18. The van der Waals surface area contributed by atoms with Crippen LogP contribution in [0.5, 0.6) is 0 Å². The van der Waals surface area contributed by atoms with Gasteiger partial charge in [-0.2, -0.15) is 5.26 Å². The average molecular weight is 201 g/mol. The fourth-order valence-electron chi connectivity index (χ4n) is 1.59. The Morgan fingerprint density at radius 1 is 1.36 bits per heavy atom. The second-order valence-electron chi connectivity index (χ2n) is 3.34. The minimum atomic E-state index is 0.800. The van der Waals surface area contributed by atoms with E-state index in [4.69, 9.17) is 5.26 Å². The first-order valence-corrected chi connectivity index (χ1v) is 5.57. The molecule has 0 atom stereocenters. The Balaban J connectivity index is 2.50. The standard InChI is InChI=1S/C12H11NS/c1-2-3-9-4-5-12-10(6-9)7-11(8-13)14-12/h4-7H,2-3H2,1H3. The van der Waals surface area contributed by atoms with E-state index in [-0.39, 0.29) is 0 Å². The Kier molecular flexibility index (Phi) is 2.51. The molecule has 1 heterocycles. The molecule has 0 N–H and O–H groups in total. The van der Waals surface area contributed by atoms with Crippen LogP contribution in [0.1, 0.15) is 23.8 Å². The van der Waals surface area contributed by atoms with Crippen LogP contribution in [0.4, 0.5) is 0 Å². The summed E-state index contributed by atoms with van der Waals surface area (Å²) in [6.07, 6.45) is 2.29. The molecule has 0 saturated heterocycles. The van der Waals surface area contributed by atoms with Crippen molar-refractivity contribution in [1.82, 2.24) is 0 Å². The molecule has 0 spiro atoms. The van der Waals surface area contributed by atoms with E-state index < -0.39 is 0 Å². The van der Waals surface area contributed by atoms with Gasteiger partial charge in [0.1, 0.15) is 10.9 Å². The summed E-state index contributed by atoms with van der Waals surface area (Å²) < 4.78 is 1.21. The van der Waals surface area contributed by atoms with Crippen LogP contribution in [0, 0.1) is 11.3 Å². The predicted molar refractivity (Wildman–Crippen MR) is 60.5 cm³/mol. The van der Waals surface area contributed by atoms with Crippen molar-refractivity contribution in [3.63, 3.8) is 0 Å². The van der Waals surface area contributed by atoms with Crippen LogP contribution in [0.15, 0.2) is 24.3 Å². The molecule has 2 aromatic rings. The van der Waals surface area contributed by atoms with Crippen molar-refractivity contribution in [2.45, 2.75) is 19.8 Å². The minimum Gasteiger partial charge on any atom is -0.192 e. The smallest absolute Gasteiger partial charge is 0.110 e. The van der Waals surface area contributed by atoms with Gasteiger partial charge in [-0.3, -0.25) is 0 Å². The molecule has 1 aromatic carbocycles. The van der Waals surface area contributed by atoms with Gasteiger partial charge >= 0.3 is 0 Å². The summed E-state index contributed by atoms with van der Waals surface area (Å²) in [6, 6.07) is 10.6. The molecule has 0 unspecified atom stereocenters. The van der Waals surface area contributed by atoms with Crippen molar-refractivity contribution in [1.29, 1.82) is 5.26 Å². The zero-order valence-electron chi connectivity index (χ0n) is 8.08. The maximum absolute atomic E-state index is 8.77. The number of hydrogen-bond donors (Lipinski definition) is 0. The van der Waals surface area contributed by atoms with Crippen molar-refractivity contribution in [2.24, 2.45) is 0 Å². The molecule has 0 saturated carbocycles. The third kappa shape index (κ3) is 1.64. The number of benzene rings is 1. The van der Waals surface area contributed by atoms with Crippen LogP contribution in [-0.4, -0.2) is 0 Å². The topological polar surface area (TPSA) is 23.8 Å². The zero-order chi connectivity index (χ0) is 9.97. The molecule has 0 aliphatic carbocycles. The number of nitriles is 1. The first-order chi connectivity index (χ1) is 6.83. The Labute approximate surface area is 87.6 Å². The highest BCUT2D eigenvalue weighted by molar-refractivity contribution is 7.19. The normalized spacial score (nSPS) is 10.3. The molecule has 2 rings (SSSR count). The van der Waals surface area contributed by atoms with Gasteiger partial charge in [-0.05, 0) is 29.5 Å².